The normalized spacial score (nSPS) is 13.4. The van der Waals surface area contributed by atoms with E-state index in [1.807, 2.05) is 6.92 Å². The number of hydrogen-bond donors (Lipinski definition) is 1. The van der Waals surface area contributed by atoms with E-state index in [0.717, 1.165) is 12.3 Å². The minimum Gasteiger partial charge on any atom is -0.305 e. The van der Waals surface area contributed by atoms with Gasteiger partial charge in [0, 0.05) is 31.2 Å². The van der Waals surface area contributed by atoms with Crippen LogP contribution >= 0.6 is 0 Å². The SMILES string of the molecule is CCNC(c1cnccc1C(F)(F)F)c1ccnn1C. The number of alkyl halides is 3. The first kappa shape index (κ1) is 14.5. The molecule has 7 heteroatoms. The van der Waals surface area contributed by atoms with Gasteiger partial charge in [0.2, 0.25) is 0 Å². The molecule has 2 aromatic rings. The van der Waals surface area contributed by atoms with Crippen LogP contribution in [0.5, 0.6) is 0 Å². The Morgan fingerprint density at radius 3 is 2.60 bits per heavy atom. The van der Waals surface area contributed by atoms with Crippen LogP contribution in [0.4, 0.5) is 13.2 Å². The molecule has 0 spiro atoms. The smallest absolute Gasteiger partial charge is 0.305 e. The average Bonchev–Trinajstić information content (AvgIpc) is 2.81. The van der Waals surface area contributed by atoms with Crippen molar-refractivity contribution in [2.45, 2.75) is 19.1 Å². The molecular formula is C13H15F3N4. The van der Waals surface area contributed by atoms with Crippen LogP contribution in [-0.2, 0) is 13.2 Å². The number of aromatic nitrogens is 3. The summed E-state index contributed by atoms with van der Waals surface area (Å²) in [5.74, 6) is 0. The molecule has 0 aliphatic heterocycles. The monoisotopic (exact) mass is 284 g/mol. The maximum atomic E-state index is 13.1. The van der Waals surface area contributed by atoms with E-state index < -0.39 is 17.8 Å². The third-order valence-corrected chi connectivity index (χ3v) is 3.03. The van der Waals surface area contributed by atoms with Gasteiger partial charge in [-0.2, -0.15) is 18.3 Å². The van der Waals surface area contributed by atoms with Crippen molar-refractivity contribution in [3.63, 3.8) is 0 Å². The number of pyridine rings is 1. The zero-order chi connectivity index (χ0) is 14.8. The number of halogens is 3. The highest BCUT2D eigenvalue weighted by atomic mass is 19.4. The summed E-state index contributed by atoms with van der Waals surface area (Å²) in [6.07, 6.45) is -0.449. The zero-order valence-corrected chi connectivity index (χ0v) is 11.1. The van der Waals surface area contributed by atoms with E-state index >= 15 is 0 Å². The summed E-state index contributed by atoms with van der Waals surface area (Å²) < 4.78 is 40.9. The van der Waals surface area contributed by atoms with E-state index in [1.165, 1.54) is 6.20 Å². The Hall–Kier alpha value is -1.89. The molecular weight excluding hydrogens is 269 g/mol. The van der Waals surface area contributed by atoms with Gasteiger partial charge in [-0.3, -0.25) is 9.67 Å². The van der Waals surface area contributed by atoms with Crippen molar-refractivity contribution >= 4 is 0 Å². The molecule has 2 rings (SSSR count). The molecule has 1 unspecified atom stereocenters. The lowest BCUT2D eigenvalue weighted by atomic mass is 9.99. The molecule has 0 saturated carbocycles. The Kier molecular flexibility index (Phi) is 4.08. The molecule has 0 aromatic carbocycles. The third kappa shape index (κ3) is 2.82. The van der Waals surface area contributed by atoms with Crippen LogP contribution in [0.2, 0.25) is 0 Å². The first-order chi connectivity index (χ1) is 9.45. The number of aryl methyl sites for hydroxylation is 1. The fraction of sp³-hybridized carbons (Fsp3) is 0.385. The lowest BCUT2D eigenvalue weighted by Gasteiger charge is -2.22. The van der Waals surface area contributed by atoms with Crippen LogP contribution in [0.3, 0.4) is 0 Å². The number of hydrogen-bond acceptors (Lipinski definition) is 3. The quantitative estimate of drug-likeness (QED) is 0.938. The van der Waals surface area contributed by atoms with Crippen molar-refractivity contribution in [2.24, 2.45) is 7.05 Å². The molecule has 2 aromatic heterocycles. The van der Waals surface area contributed by atoms with Crippen LogP contribution in [0.25, 0.3) is 0 Å². The van der Waals surface area contributed by atoms with Crippen LogP contribution in [0.1, 0.15) is 29.8 Å². The second kappa shape index (κ2) is 5.62. The molecule has 0 saturated heterocycles. The van der Waals surface area contributed by atoms with Gasteiger partial charge in [0.1, 0.15) is 0 Å². The lowest BCUT2D eigenvalue weighted by molar-refractivity contribution is -0.138. The Labute approximate surface area is 114 Å². The van der Waals surface area contributed by atoms with E-state index in [9.17, 15) is 13.2 Å². The van der Waals surface area contributed by atoms with Crippen LogP contribution in [-0.4, -0.2) is 21.3 Å². The van der Waals surface area contributed by atoms with Crippen LogP contribution in [0.15, 0.2) is 30.7 Å². The van der Waals surface area contributed by atoms with Crippen molar-refractivity contribution in [3.05, 3.63) is 47.5 Å². The molecule has 0 fully saturated rings. The summed E-state index contributed by atoms with van der Waals surface area (Å²) in [5.41, 5.74) is 0.0791. The summed E-state index contributed by atoms with van der Waals surface area (Å²) in [7, 11) is 1.70. The van der Waals surface area contributed by atoms with Crippen molar-refractivity contribution in [3.8, 4) is 0 Å². The molecule has 20 heavy (non-hydrogen) atoms. The molecule has 4 nitrogen and oxygen atoms in total. The first-order valence-corrected chi connectivity index (χ1v) is 6.17. The van der Waals surface area contributed by atoms with Crippen molar-refractivity contribution in [2.75, 3.05) is 6.54 Å². The average molecular weight is 284 g/mol. The highest BCUT2D eigenvalue weighted by Gasteiger charge is 2.36. The van der Waals surface area contributed by atoms with E-state index in [-0.39, 0.29) is 5.56 Å². The van der Waals surface area contributed by atoms with Crippen molar-refractivity contribution in [1.29, 1.82) is 0 Å². The maximum absolute atomic E-state index is 13.1. The minimum atomic E-state index is -4.41. The van der Waals surface area contributed by atoms with Gasteiger partial charge in [0.15, 0.2) is 0 Å². The largest absolute Gasteiger partial charge is 0.416 e. The fourth-order valence-electron chi connectivity index (χ4n) is 2.14. The maximum Gasteiger partial charge on any atom is 0.416 e. The van der Waals surface area contributed by atoms with Gasteiger partial charge in [-0.05, 0) is 18.7 Å². The summed E-state index contributed by atoms with van der Waals surface area (Å²) in [6.45, 7) is 2.37. The summed E-state index contributed by atoms with van der Waals surface area (Å²) in [4.78, 5) is 3.83. The minimum absolute atomic E-state index is 0.102. The van der Waals surface area contributed by atoms with Gasteiger partial charge in [0.05, 0.1) is 17.3 Å². The molecule has 0 aliphatic carbocycles. The van der Waals surface area contributed by atoms with E-state index in [1.54, 1.807) is 24.0 Å². The van der Waals surface area contributed by atoms with Gasteiger partial charge in [-0.25, -0.2) is 0 Å². The van der Waals surface area contributed by atoms with Gasteiger partial charge >= 0.3 is 6.18 Å². The Morgan fingerprint density at radius 1 is 1.30 bits per heavy atom. The van der Waals surface area contributed by atoms with E-state index in [4.69, 9.17) is 0 Å². The summed E-state index contributed by atoms with van der Waals surface area (Å²) >= 11 is 0. The number of nitrogens with one attached hydrogen (secondary N) is 1. The molecule has 0 amide bonds. The molecule has 2 heterocycles. The van der Waals surface area contributed by atoms with Crippen LogP contribution in [0, 0.1) is 0 Å². The van der Waals surface area contributed by atoms with Gasteiger partial charge in [-0.1, -0.05) is 6.92 Å². The highest BCUT2D eigenvalue weighted by Crippen LogP contribution is 2.35. The molecule has 0 radical (unpaired) electrons. The standard InChI is InChI=1S/C13H15F3N4/c1-3-18-12(11-5-7-19-20(11)2)9-8-17-6-4-10(9)13(14,15)16/h4-8,12,18H,3H2,1-2H3. The summed E-state index contributed by atoms with van der Waals surface area (Å²) in [6, 6.07) is 2.09. The topological polar surface area (TPSA) is 42.7 Å². The van der Waals surface area contributed by atoms with Gasteiger partial charge in [0.25, 0.3) is 0 Å². The zero-order valence-electron chi connectivity index (χ0n) is 11.1. The molecule has 0 bridgehead atoms. The first-order valence-electron chi connectivity index (χ1n) is 6.17. The van der Waals surface area contributed by atoms with E-state index in [0.29, 0.717) is 12.2 Å². The second-order valence-electron chi connectivity index (χ2n) is 4.33. The molecule has 1 N–H and O–H groups in total. The summed E-state index contributed by atoms with van der Waals surface area (Å²) in [5, 5.41) is 7.07. The predicted octanol–water partition coefficient (Wildman–Crippen LogP) is 2.53. The number of nitrogens with zero attached hydrogens (tertiary/aromatic N) is 3. The predicted molar refractivity (Wildman–Crippen MR) is 68.0 cm³/mol. The third-order valence-electron chi connectivity index (χ3n) is 3.03. The van der Waals surface area contributed by atoms with Crippen molar-refractivity contribution in [1.82, 2.24) is 20.1 Å². The van der Waals surface area contributed by atoms with Gasteiger partial charge in [-0.15, -0.1) is 0 Å². The number of rotatable bonds is 4. The van der Waals surface area contributed by atoms with Crippen LogP contribution < -0.4 is 5.32 Å². The lowest BCUT2D eigenvalue weighted by Crippen LogP contribution is -2.27. The van der Waals surface area contributed by atoms with Crippen molar-refractivity contribution < 1.29 is 13.2 Å². The Morgan fingerprint density at radius 2 is 2.05 bits per heavy atom. The molecule has 1 atom stereocenters. The second-order valence-corrected chi connectivity index (χ2v) is 4.33. The van der Waals surface area contributed by atoms with E-state index in [2.05, 4.69) is 15.4 Å². The van der Waals surface area contributed by atoms with Gasteiger partial charge < -0.3 is 5.32 Å². The fourth-order valence-corrected chi connectivity index (χ4v) is 2.14. The Bertz CT molecular complexity index is 577. The highest BCUT2D eigenvalue weighted by molar-refractivity contribution is 5.34. The molecule has 0 aliphatic rings. The molecule has 108 valence electrons. The Balaban J connectivity index is 2.54.